The third-order valence-electron chi connectivity index (χ3n) is 1.77. The Hall–Kier alpha value is -0.910. The molecule has 0 radical (unpaired) electrons. The summed E-state index contributed by atoms with van der Waals surface area (Å²) < 4.78 is 27.7. The standard InChI is InChI=1S/C10H14O4S/c1-8-3-5-10(6-4-8)15(12,13)14-7-9(2)11/h3-6,9,11H,7H2,1-2H3/t9-/m1/s1. The number of rotatable bonds is 4. The Morgan fingerprint density at radius 3 is 2.33 bits per heavy atom. The van der Waals surface area contributed by atoms with Crippen molar-refractivity contribution in [1.82, 2.24) is 0 Å². The molecule has 0 aromatic heterocycles. The second-order valence-corrected chi connectivity index (χ2v) is 5.02. The maximum absolute atomic E-state index is 11.5. The zero-order chi connectivity index (χ0) is 11.5. The average molecular weight is 230 g/mol. The molecule has 84 valence electrons. The van der Waals surface area contributed by atoms with Gasteiger partial charge in [-0.15, -0.1) is 0 Å². The Morgan fingerprint density at radius 2 is 1.87 bits per heavy atom. The lowest BCUT2D eigenvalue weighted by molar-refractivity contribution is 0.126. The van der Waals surface area contributed by atoms with Crippen molar-refractivity contribution < 1.29 is 17.7 Å². The summed E-state index contributed by atoms with van der Waals surface area (Å²) in [4.78, 5) is 0.105. The molecule has 1 aromatic carbocycles. The molecule has 1 N–H and O–H groups in total. The van der Waals surface area contributed by atoms with Gasteiger partial charge in [0.1, 0.15) is 0 Å². The van der Waals surface area contributed by atoms with Crippen molar-refractivity contribution in [3.63, 3.8) is 0 Å². The first-order valence-corrected chi connectivity index (χ1v) is 5.97. The predicted molar refractivity (Wildman–Crippen MR) is 56.0 cm³/mol. The van der Waals surface area contributed by atoms with Gasteiger partial charge >= 0.3 is 0 Å². The minimum Gasteiger partial charge on any atom is -0.391 e. The van der Waals surface area contributed by atoms with Gasteiger partial charge in [0.05, 0.1) is 17.6 Å². The van der Waals surface area contributed by atoms with Crippen LogP contribution in [-0.4, -0.2) is 26.2 Å². The van der Waals surface area contributed by atoms with Gasteiger partial charge in [-0.1, -0.05) is 17.7 Å². The van der Waals surface area contributed by atoms with Gasteiger partial charge in [-0.3, -0.25) is 4.18 Å². The van der Waals surface area contributed by atoms with Crippen LogP contribution >= 0.6 is 0 Å². The van der Waals surface area contributed by atoms with Gasteiger partial charge in [0.25, 0.3) is 10.1 Å². The Bertz CT molecular complexity index is 406. The molecular weight excluding hydrogens is 216 g/mol. The molecule has 0 unspecified atom stereocenters. The molecule has 0 saturated carbocycles. The normalized spacial score (nSPS) is 13.8. The molecule has 0 spiro atoms. The van der Waals surface area contributed by atoms with Crippen molar-refractivity contribution in [3.8, 4) is 0 Å². The van der Waals surface area contributed by atoms with Crippen molar-refractivity contribution in [2.24, 2.45) is 0 Å². The van der Waals surface area contributed by atoms with Crippen molar-refractivity contribution in [3.05, 3.63) is 29.8 Å². The monoisotopic (exact) mass is 230 g/mol. The van der Waals surface area contributed by atoms with E-state index >= 15 is 0 Å². The zero-order valence-corrected chi connectivity index (χ0v) is 9.49. The third-order valence-corrected chi connectivity index (χ3v) is 3.07. The number of aliphatic hydroxyl groups is 1. The fourth-order valence-electron chi connectivity index (χ4n) is 0.961. The number of aryl methyl sites for hydroxylation is 1. The van der Waals surface area contributed by atoms with E-state index in [-0.39, 0.29) is 11.5 Å². The van der Waals surface area contributed by atoms with Crippen molar-refractivity contribution in [2.45, 2.75) is 24.8 Å². The van der Waals surface area contributed by atoms with E-state index in [4.69, 9.17) is 5.11 Å². The quantitative estimate of drug-likeness (QED) is 0.786. The molecule has 15 heavy (non-hydrogen) atoms. The van der Waals surface area contributed by atoms with Crippen LogP contribution in [0.3, 0.4) is 0 Å². The summed E-state index contributed by atoms with van der Waals surface area (Å²) in [5, 5.41) is 8.92. The second-order valence-electron chi connectivity index (χ2n) is 3.40. The highest BCUT2D eigenvalue weighted by Crippen LogP contribution is 2.13. The minimum atomic E-state index is -3.73. The number of aliphatic hydroxyl groups excluding tert-OH is 1. The minimum absolute atomic E-state index is 0.105. The highest BCUT2D eigenvalue weighted by atomic mass is 32.2. The smallest absolute Gasteiger partial charge is 0.297 e. The van der Waals surface area contributed by atoms with E-state index in [0.29, 0.717) is 0 Å². The SMILES string of the molecule is Cc1ccc(S(=O)(=O)OC[C@@H](C)O)cc1. The molecule has 0 aliphatic rings. The number of hydrogen-bond donors (Lipinski definition) is 1. The van der Waals surface area contributed by atoms with E-state index in [1.165, 1.54) is 19.1 Å². The maximum atomic E-state index is 11.5. The first kappa shape index (κ1) is 12.2. The summed E-state index contributed by atoms with van der Waals surface area (Å²) >= 11 is 0. The van der Waals surface area contributed by atoms with E-state index in [1.807, 2.05) is 6.92 Å². The maximum Gasteiger partial charge on any atom is 0.297 e. The first-order chi connectivity index (χ1) is 6.92. The summed E-state index contributed by atoms with van der Waals surface area (Å²) in [5.74, 6) is 0. The molecule has 0 amide bonds. The van der Waals surface area contributed by atoms with E-state index in [0.717, 1.165) is 5.56 Å². The highest BCUT2D eigenvalue weighted by molar-refractivity contribution is 7.86. The second kappa shape index (κ2) is 4.74. The number of benzene rings is 1. The summed E-state index contributed by atoms with van der Waals surface area (Å²) in [6, 6.07) is 6.34. The molecule has 0 saturated heterocycles. The average Bonchev–Trinajstić information content (AvgIpc) is 2.16. The molecule has 0 heterocycles. The number of hydrogen-bond acceptors (Lipinski definition) is 4. The van der Waals surface area contributed by atoms with Gasteiger partial charge in [0.15, 0.2) is 0 Å². The van der Waals surface area contributed by atoms with Gasteiger partial charge in [-0.05, 0) is 26.0 Å². The Labute approximate surface area is 89.6 Å². The van der Waals surface area contributed by atoms with Gasteiger partial charge in [-0.25, -0.2) is 0 Å². The van der Waals surface area contributed by atoms with Crippen LogP contribution in [0.4, 0.5) is 0 Å². The van der Waals surface area contributed by atoms with Crippen molar-refractivity contribution in [2.75, 3.05) is 6.61 Å². The molecule has 0 fully saturated rings. The Kier molecular flexibility index (Phi) is 3.84. The topological polar surface area (TPSA) is 63.6 Å². The molecular formula is C10H14O4S. The van der Waals surface area contributed by atoms with Gasteiger partial charge < -0.3 is 5.11 Å². The predicted octanol–water partition coefficient (Wildman–Crippen LogP) is 1.08. The Balaban J connectivity index is 2.82. The van der Waals surface area contributed by atoms with Crippen LogP contribution < -0.4 is 0 Å². The van der Waals surface area contributed by atoms with Crippen LogP contribution in [0.5, 0.6) is 0 Å². The van der Waals surface area contributed by atoms with E-state index in [2.05, 4.69) is 4.18 Å². The Morgan fingerprint density at radius 1 is 1.33 bits per heavy atom. The molecule has 0 bridgehead atoms. The van der Waals surface area contributed by atoms with E-state index in [9.17, 15) is 8.42 Å². The lowest BCUT2D eigenvalue weighted by atomic mass is 10.2. The molecule has 0 aliphatic heterocycles. The van der Waals surface area contributed by atoms with Crippen LogP contribution in [0.15, 0.2) is 29.2 Å². The summed E-state index contributed by atoms with van der Waals surface area (Å²) in [5.41, 5.74) is 0.976. The molecule has 5 heteroatoms. The van der Waals surface area contributed by atoms with E-state index in [1.54, 1.807) is 12.1 Å². The third kappa shape index (κ3) is 3.62. The first-order valence-electron chi connectivity index (χ1n) is 4.56. The van der Waals surface area contributed by atoms with Crippen LogP contribution in [0.2, 0.25) is 0 Å². The zero-order valence-electron chi connectivity index (χ0n) is 8.67. The summed E-state index contributed by atoms with van der Waals surface area (Å²) in [7, 11) is -3.73. The molecule has 0 aliphatic carbocycles. The van der Waals surface area contributed by atoms with Crippen LogP contribution in [-0.2, 0) is 14.3 Å². The lowest BCUT2D eigenvalue weighted by Gasteiger charge is -2.07. The summed E-state index contributed by atoms with van der Waals surface area (Å²) in [6.07, 6.45) is -0.801. The largest absolute Gasteiger partial charge is 0.391 e. The van der Waals surface area contributed by atoms with Crippen molar-refractivity contribution in [1.29, 1.82) is 0 Å². The van der Waals surface area contributed by atoms with Crippen LogP contribution in [0.25, 0.3) is 0 Å². The molecule has 1 aromatic rings. The van der Waals surface area contributed by atoms with Crippen molar-refractivity contribution >= 4 is 10.1 Å². The fraction of sp³-hybridized carbons (Fsp3) is 0.400. The molecule has 4 nitrogen and oxygen atoms in total. The highest BCUT2D eigenvalue weighted by Gasteiger charge is 2.15. The molecule has 1 rings (SSSR count). The van der Waals surface area contributed by atoms with E-state index < -0.39 is 16.2 Å². The van der Waals surface area contributed by atoms with Crippen LogP contribution in [0, 0.1) is 6.92 Å². The fourth-order valence-corrected chi connectivity index (χ4v) is 1.94. The lowest BCUT2D eigenvalue weighted by Crippen LogP contribution is -2.15. The van der Waals surface area contributed by atoms with Gasteiger partial charge in [-0.2, -0.15) is 8.42 Å². The van der Waals surface area contributed by atoms with Gasteiger partial charge in [0, 0.05) is 0 Å². The van der Waals surface area contributed by atoms with Gasteiger partial charge in [0.2, 0.25) is 0 Å². The van der Waals surface area contributed by atoms with Crippen LogP contribution in [0.1, 0.15) is 12.5 Å². The molecule has 1 atom stereocenters. The summed E-state index contributed by atoms with van der Waals surface area (Å²) in [6.45, 7) is 3.11.